The van der Waals surface area contributed by atoms with Gasteiger partial charge in [-0.25, -0.2) is 0 Å². The molecular weight excluding hydrogens is 1540 g/mol. The van der Waals surface area contributed by atoms with Crippen molar-refractivity contribution >= 4 is 34.1 Å². The Morgan fingerprint density at radius 3 is 1.15 bits per heavy atom. The van der Waals surface area contributed by atoms with E-state index in [1.165, 1.54) is 11.8 Å². The molecule has 48 heavy (non-hydrogen) atoms. The third-order valence-corrected chi connectivity index (χ3v) is 3.21. The molecule has 0 unspecified atom stereocenters. The molecule has 0 atom stereocenters. The minimum Gasteiger partial charge on any atom is -0.486 e. The molecule has 0 aliphatic rings. The molecule has 0 amide bonds. The fourth-order valence-corrected chi connectivity index (χ4v) is 1.86. The van der Waals surface area contributed by atoms with E-state index in [0.717, 1.165) is 11.4 Å². The molecule has 0 bridgehead atoms. The van der Waals surface area contributed by atoms with Gasteiger partial charge in [0.2, 0.25) is 5.17 Å². The first-order valence-corrected chi connectivity index (χ1v) is 10.9. The van der Waals surface area contributed by atoms with Crippen molar-refractivity contribution in [2.24, 2.45) is 15.9 Å². The van der Waals surface area contributed by atoms with Crippen LogP contribution in [-0.2, 0) is 393 Å². The van der Waals surface area contributed by atoms with Gasteiger partial charge < -0.3 is 53.0 Å². The number of hydrogen-bond acceptors (Lipinski definition) is 6. The molecule has 0 aliphatic carbocycles. The smallest absolute Gasteiger partial charge is 0.248 e. The van der Waals surface area contributed by atoms with Crippen LogP contribution in [-0.4, -0.2) is 27.2 Å². The molecule has 0 aromatic carbocycles. The van der Waals surface area contributed by atoms with Gasteiger partial charge in [-0.05, 0) is 30.5 Å². The second kappa shape index (κ2) is 112. The number of amidine groups is 2. The zero-order chi connectivity index (χ0) is 25.0. The molecule has 0 saturated carbocycles. The summed E-state index contributed by atoms with van der Waals surface area (Å²) in [6, 6.07) is 7.23. The maximum absolute atomic E-state index is 6.57. The third-order valence-electron chi connectivity index (χ3n) is 2.64. The van der Waals surface area contributed by atoms with Crippen LogP contribution in [0.25, 0.3) is 9.91 Å². The van der Waals surface area contributed by atoms with Crippen LogP contribution in [0.3, 0.4) is 0 Å². The van der Waals surface area contributed by atoms with E-state index in [1.54, 1.807) is 36.9 Å². The largest absolute Gasteiger partial charge is 0.486 e. The first-order valence-electron chi connectivity index (χ1n) is 9.69. The van der Waals surface area contributed by atoms with Crippen LogP contribution >= 0.6 is 11.8 Å². The molecular formula is C26H45N9SY12-6. The van der Waals surface area contributed by atoms with Gasteiger partial charge in [0.05, 0.1) is 5.10 Å². The third kappa shape index (κ3) is 87.3. The molecule has 9 nitrogen and oxygen atoms in total. The number of hydrogen-bond donors (Lipinski definition) is 3. The molecule has 2 heterocycles. The van der Waals surface area contributed by atoms with Gasteiger partial charge in [0.1, 0.15) is 5.10 Å². The molecule has 0 spiro atoms. The van der Waals surface area contributed by atoms with Crippen molar-refractivity contribution in [3.63, 3.8) is 0 Å². The Kier molecular flexibility index (Phi) is 288. The number of aromatic nitrogens is 2. The number of nitrogens with zero attached hydrogens (tertiary/aromatic N) is 6. The Morgan fingerprint density at radius 2 is 0.917 bits per heavy atom. The summed E-state index contributed by atoms with van der Waals surface area (Å²) in [5.74, 6) is 0.557. The molecule has 0 aliphatic heterocycles. The van der Waals surface area contributed by atoms with Gasteiger partial charge in [-0.3, -0.25) is 17.0 Å². The minimum absolute atomic E-state index is 0. The summed E-state index contributed by atoms with van der Waals surface area (Å²) in [6.45, 7) is 24.8. The zero-order valence-electron chi connectivity index (χ0n) is 30.3. The minimum atomic E-state index is 0. The Balaban J connectivity index is -0.0000000138. The summed E-state index contributed by atoms with van der Waals surface area (Å²) in [5, 5.41) is 13.7. The van der Waals surface area contributed by atoms with E-state index in [4.69, 9.17) is 13.1 Å². The van der Waals surface area contributed by atoms with E-state index in [-0.39, 0.29) is 422 Å². The van der Waals surface area contributed by atoms with Crippen molar-refractivity contribution in [2.45, 2.75) is 34.1 Å². The van der Waals surface area contributed by atoms with Gasteiger partial charge in [0, 0.05) is 429 Å². The Morgan fingerprint density at radius 1 is 0.646 bits per heavy atom. The van der Waals surface area contributed by atoms with Gasteiger partial charge >= 0.3 is 0 Å². The second-order valence-corrected chi connectivity index (χ2v) is 5.12. The average molecular weight is 1580 g/mol. The van der Waals surface area contributed by atoms with Gasteiger partial charge in [0.15, 0.2) is 5.84 Å². The van der Waals surface area contributed by atoms with Crippen molar-refractivity contribution in [3.05, 3.63) is 116 Å². The van der Waals surface area contributed by atoms with E-state index >= 15 is 0 Å². The summed E-state index contributed by atoms with van der Waals surface area (Å²) in [6.07, 6.45) is 9.01. The molecule has 242 valence electrons. The standard InChI is InChI=1S/C9H9N4.C8H8N4S.2C2H6.CH4N.4CH3.12Y/c1-3-9(13-10-2)12-8-4-6-11-7-5-8;1-9-12-8(13-2)11-7-3-5-10-6-4-7;3*1-2;;;;;;;;;;;;;;;;/h4-7H,1,3H2,(H,11,12,13);3-6H,2H3,(H,10,11,12);2*1-2H3;1-2H2;4*1H3;;;;;;;;;;;;/q-1;;;;5*-1;;;;;;;;;;;;. The van der Waals surface area contributed by atoms with Gasteiger partial charge in [-0.2, -0.15) is 13.1 Å². The molecule has 4 N–H and O–H groups in total. The van der Waals surface area contributed by atoms with E-state index < -0.39 is 0 Å². The van der Waals surface area contributed by atoms with Crippen molar-refractivity contribution in [1.29, 1.82) is 0 Å². The Hall–Kier alpha value is 9.78. The van der Waals surface area contributed by atoms with Crippen LogP contribution in [0.15, 0.2) is 59.3 Å². The molecule has 2 rings (SSSR count). The fourth-order valence-electron chi connectivity index (χ4n) is 1.52. The van der Waals surface area contributed by atoms with Crippen LogP contribution in [0.4, 0.5) is 11.4 Å². The maximum atomic E-state index is 6.57. The number of pyridine rings is 2. The monoisotopic (exact) mass is 1580 g/mol. The normalized spacial score (nSPS) is 6.12. The number of nitrogens with two attached hydrogens (primary N) is 1. The van der Waals surface area contributed by atoms with E-state index in [0.29, 0.717) is 17.4 Å². The number of rotatable bonds is 3. The van der Waals surface area contributed by atoms with Gasteiger partial charge in [-0.15, -0.1) is 16.3 Å². The summed E-state index contributed by atoms with van der Waals surface area (Å²) < 4.78 is 0. The van der Waals surface area contributed by atoms with Crippen LogP contribution in [0.2, 0.25) is 0 Å². The quantitative estimate of drug-likeness (QED) is 0.127. The van der Waals surface area contributed by atoms with E-state index in [1.807, 2.05) is 46.1 Å². The second-order valence-electron chi connectivity index (χ2n) is 4.33. The predicted molar refractivity (Wildman–Crippen MR) is 165 cm³/mol. The summed E-state index contributed by atoms with van der Waals surface area (Å²) in [4.78, 5) is 13.6. The summed E-state index contributed by atoms with van der Waals surface area (Å²) >= 11 is 1.39. The van der Waals surface area contributed by atoms with Gasteiger partial charge in [0.25, 0.3) is 0 Å². The SMILES string of the molecule is CC.CC.[C-]#[N+]/N=C(/Nc1ccncc1)SC.[C-]#[N+]/N=C(\C[CH2-])Nc1ccncc1.[CH2-]N.[CH3-].[CH3-].[CH3-].[CH3-].[Y].[Y].[Y].[Y].[Y].[Y].[Y].[Y].[Y].[Y].[Y].[Y]. The molecule has 2 aromatic heterocycles. The Bertz CT molecular complexity index is 767. The first kappa shape index (κ1) is 124. The van der Waals surface area contributed by atoms with Crippen LogP contribution in [0.1, 0.15) is 34.1 Å². The topological polar surface area (TPSA) is 109 Å². The van der Waals surface area contributed by atoms with Crippen molar-refractivity contribution in [3.8, 4) is 0 Å². The van der Waals surface area contributed by atoms with E-state index in [9.17, 15) is 0 Å². The maximum Gasteiger partial charge on any atom is 0.248 e. The van der Waals surface area contributed by atoms with Crippen LogP contribution in [0.5, 0.6) is 0 Å². The van der Waals surface area contributed by atoms with Crippen molar-refractivity contribution < 1.29 is 393 Å². The molecule has 12 radical (unpaired) electrons. The summed E-state index contributed by atoms with van der Waals surface area (Å²) in [7, 11) is 2.75. The Labute approximate surface area is 603 Å². The van der Waals surface area contributed by atoms with Gasteiger partial charge in [-0.1, -0.05) is 39.5 Å². The van der Waals surface area contributed by atoms with E-state index in [2.05, 4.69) is 60.4 Å². The number of thioether (sulfide) groups is 1. The summed E-state index contributed by atoms with van der Waals surface area (Å²) in [5.41, 5.74) is 5.99. The average Bonchev–Trinajstić information content (AvgIpc) is 2.89. The first-order chi connectivity index (χ1) is 15.7. The number of anilines is 2. The van der Waals surface area contributed by atoms with Crippen LogP contribution < -0.4 is 16.4 Å². The fraction of sp³-hybridized carbons (Fsp3) is 0.231. The predicted octanol–water partition coefficient (Wildman–Crippen LogP) is 7.56. The van der Waals surface area contributed by atoms with Crippen molar-refractivity contribution in [2.75, 3.05) is 16.9 Å². The molecule has 0 fully saturated rings. The van der Waals surface area contributed by atoms with Crippen molar-refractivity contribution in [1.82, 2.24) is 9.97 Å². The zero-order valence-corrected chi connectivity index (χ0v) is 65.2. The molecule has 2 aromatic rings. The number of nitrogens with one attached hydrogen (secondary N) is 2. The van der Waals surface area contributed by atoms with Crippen LogP contribution in [0, 0.1) is 56.8 Å². The molecule has 0 saturated heterocycles. The molecule has 22 heteroatoms.